The predicted octanol–water partition coefficient (Wildman–Crippen LogP) is 3.04. The van der Waals surface area contributed by atoms with E-state index in [1.807, 2.05) is 48.5 Å². The first kappa shape index (κ1) is 22.6. The number of hydrogen-bond acceptors (Lipinski definition) is 5. The number of benzene rings is 2. The molecule has 1 atom stereocenters. The van der Waals surface area contributed by atoms with Crippen molar-refractivity contribution in [3.05, 3.63) is 106 Å². The molecule has 0 saturated carbocycles. The van der Waals surface area contributed by atoms with Crippen LogP contribution in [-0.2, 0) is 12.8 Å². The van der Waals surface area contributed by atoms with Crippen LogP contribution in [0.3, 0.4) is 0 Å². The third-order valence-electron chi connectivity index (χ3n) is 4.95. The highest BCUT2D eigenvalue weighted by atomic mass is 16.3. The summed E-state index contributed by atoms with van der Waals surface area (Å²) in [6.45, 7) is 4.86. The molecular formula is C26H24N4O2. The predicted molar refractivity (Wildman–Crippen MR) is 124 cm³/mol. The Morgan fingerprint density at radius 1 is 1.09 bits per heavy atom. The SMILES string of the molecule is C=CCNCC(Cc1ccc(C#Cc2ccc(CC#N)cc2)cc1)c1nc[nH]c(=O)c1O. The number of aromatic nitrogens is 2. The minimum absolute atomic E-state index is 0.180. The number of aromatic hydroxyl groups is 1. The molecule has 0 bridgehead atoms. The summed E-state index contributed by atoms with van der Waals surface area (Å²) in [6, 6.07) is 17.7. The molecule has 1 heterocycles. The summed E-state index contributed by atoms with van der Waals surface area (Å²) in [6.07, 6.45) is 4.06. The van der Waals surface area contributed by atoms with E-state index < -0.39 is 5.56 Å². The van der Waals surface area contributed by atoms with E-state index in [0.717, 1.165) is 22.3 Å². The summed E-state index contributed by atoms with van der Waals surface area (Å²) in [5, 5.41) is 22.2. The Morgan fingerprint density at radius 3 is 2.31 bits per heavy atom. The van der Waals surface area contributed by atoms with E-state index in [0.29, 0.717) is 31.6 Å². The quantitative estimate of drug-likeness (QED) is 0.293. The second kappa shape index (κ2) is 11.3. The fraction of sp³-hybridized carbons (Fsp3) is 0.192. The molecule has 6 nitrogen and oxygen atoms in total. The van der Waals surface area contributed by atoms with E-state index >= 15 is 0 Å². The molecule has 0 spiro atoms. The van der Waals surface area contributed by atoms with E-state index in [4.69, 9.17) is 5.26 Å². The number of hydrogen-bond donors (Lipinski definition) is 3. The van der Waals surface area contributed by atoms with Crippen LogP contribution < -0.4 is 10.9 Å². The van der Waals surface area contributed by atoms with Crippen LogP contribution in [0.25, 0.3) is 0 Å². The average Bonchev–Trinajstić information content (AvgIpc) is 2.81. The van der Waals surface area contributed by atoms with Gasteiger partial charge in [0.05, 0.1) is 24.5 Å². The van der Waals surface area contributed by atoms with Crippen molar-refractivity contribution in [3.8, 4) is 23.7 Å². The number of rotatable bonds is 8. The van der Waals surface area contributed by atoms with E-state index in [-0.39, 0.29) is 11.7 Å². The standard InChI is InChI=1S/C26H24N4O2/c1-2-15-28-17-23(24-25(31)26(32)30-18-29-24)16-22-11-9-20(10-12-22)4-3-19-5-7-21(8-6-19)13-14-27/h2,5-12,18,23,28,31H,1,13,15-17H2,(H,29,30,32). The van der Waals surface area contributed by atoms with Gasteiger partial charge in [0, 0.05) is 30.1 Å². The summed E-state index contributed by atoms with van der Waals surface area (Å²) < 4.78 is 0. The monoisotopic (exact) mass is 424 g/mol. The maximum atomic E-state index is 11.8. The largest absolute Gasteiger partial charge is 0.502 e. The van der Waals surface area contributed by atoms with Crippen molar-refractivity contribution >= 4 is 0 Å². The van der Waals surface area contributed by atoms with Crippen LogP contribution in [0, 0.1) is 23.2 Å². The topological polar surface area (TPSA) is 102 Å². The fourth-order valence-electron chi connectivity index (χ4n) is 3.28. The van der Waals surface area contributed by atoms with Gasteiger partial charge in [-0.2, -0.15) is 5.26 Å². The smallest absolute Gasteiger partial charge is 0.293 e. The maximum absolute atomic E-state index is 11.8. The second-order valence-electron chi connectivity index (χ2n) is 7.29. The molecule has 32 heavy (non-hydrogen) atoms. The lowest BCUT2D eigenvalue weighted by atomic mass is 9.94. The summed E-state index contributed by atoms with van der Waals surface area (Å²) >= 11 is 0. The Hall–Kier alpha value is -4.13. The first-order valence-corrected chi connectivity index (χ1v) is 10.3. The number of aromatic amines is 1. The molecular weight excluding hydrogens is 400 g/mol. The van der Waals surface area contributed by atoms with E-state index in [1.165, 1.54) is 6.33 Å². The molecule has 0 aliphatic heterocycles. The molecule has 0 aliphatic rings. The normalized spacial score (nSPS) is 11.1. The third-order valence-corrected chi connectivity index (χ3v) is 4.95. The van der Waals surface area contributed by atoms with Crippen molar-refractivity contribution in [1.82, 2.24) is 15.3 Å². The molecule has 1 aromatic heterocycles. The molecule has 3 N–H and O–H groups in total. The molecule has 6 heteroatoms. The minimum Gasteiger partial charge on any atom is -0.502 e. The van der Waals surface area contributed by atoms with Gasteiger partial charge < -0.3 is 15.4 Å². The molecule has 3 aromatic rings. The van der Waals surface area contributed by atoms with Crippen LogP contribution in [0.2, 0.25) is 0 Å². The van der Waals surface area contributed by atoms with Gasteiger partial charge in [0.1, 0.15) is 0 Å². The molecule has 0 saturated heterocycles. The van der Waals surface area contributed by atoms with Crippen molar-refractivity contribution in [1.29, 1.82) is 5.26 Å². The lowest BCUT2D eigenvalue weighted by molar-refractivity contribution is 0.441. The molecule has 1 unspecified atom stereocenters. The molecule has 0 radical (unpaired) electrons. The fourth-order valence-corrected chi connectivity index (χ4v) is 3.28. The number of nitrogens with zero attached hydrogens (tertiary/aromatic N) is 2. The van der Waals surface area contributed by atoms with Gasteiger partial charge >= 0.3 is 0 Å². The van der Waals surface area contributed by atoms with Gasteiger partial charge in [-0.25, -0.2) is 4.98 Å². The Morgan fingerprint density at radius 2 is 1.72 bits per heavy atom. The van der Waals surface area contributed by atoms with E-state index in [9.17, 15) is 9.90 Å². The average molecular weight is 425 g/mol. The summed E-state index contributed by atoms with van der Waals surface area (Å²) in [5.41, 5.74) is 3.61. The number of nitriles is 1. The van der Waals surface area contributed by atoms with Gasteiger partial charge in [0.25, 0.3) is 5.56 Å². The van der Waals surface area contributed by atoms with Gasteiger partial charge in [-0.15, -0.1) is 6.58 Å². The number of H-pyrrole nitrogens is 1. The summed E-state index contributed by atoms with van der Waals surface area (Å²) in [7, 11) is 0. The maximum Gasteiger partial charge on any atom is 0.293 e. The second-order valence-corrected chi connectivity index (χ2v) is 7.29. The van der Waals surface area contributed by atoms with Crippen molar-refractivity contribution in [2.24, 2.45) is 0 Å². The van der Waals surface area contributed by atoms with Gasteiger partial charge in [-0.1, -0.05) is 42.2 Å². The highest BCUT2D eigenvalue weighted by Crippen LogP contribution is 2.23. The van der Waals surface area contributed by atoms with E-state index in [1.54, 1.807) is 6.08 Å². The lowest BCUT2D eigenvalue weighted by Gasteiger charge is -2.17. The van der Waals surface area contributed by atoms with Gasteiger partial charge in [-0.3, -0.25) is 4.79 Å². The van der Waals surface area contributed by atoms with Crippen LogP contribution in [0.4, 0.5) is 0 Å². The van der Waals surface area contributed by atoms with Crippen LogP contribution in [0.15, 0.2) is 72.3 Å². The van der Waals surface area contributed by atoms with E-state index in [2.05, 4.69) is 39.8 Å². The van der Waals surface area contributed by atoms with Crippen LogP contribution >= 0.6 is 0 Å². The lowest BCUT2D eigenvalue weighted by Crippen LogP contribution is -2.25. The zero-order chi connectivity index (χ0) is 22.8. The van der Waals surface area contributed by atoms with Crippen molar-refractivity contribution in [2.45, 2.75) is 18.8 Å². The van der Waals surface area contributed by atoms with Gasteiger partial charge in [-0.05, 0) is 41.8 Å². The Bertz CT molecular complexity index is 1210. The highest BCUT2D eigenvalue weighted by molar-refractivity contribution is 5.44. The van der Waals surface area contributed by atoms with Crippen molar-refractivity contribution in [2.75, 3.05) is 13.1 Å². The number of nitrogens with one attached hydrogen (secondary N) is 2. The zero-order valence-electron chi connectivity index (χ0n) is 17.6. The Kier molecular flexibility index (Phi) is 7.97. The molecule has 160 valence electrons. The zero-order valence-corrected chi connectivity index (χ0v) is 17.6. The first-order chi connectivity index (χ1) is 15.6. The van der Waals surface area contributed by atoms with Crippen LogP contribution in [0.5, 0.6) is 5.75 Å². The molecule has 0 amide bonds. The Balaban J connectivity index is 1.73. The van der Waals surface area contributed by atoms with Crippen LogP contribution in [-0.4, -0.2) is 28.2 Å². The van der Waals surface area contributed by atoms with Crippen LogP contribution in [0.1, 0.15) is 33.9 Å². The minimum atomic E-state index is -0.546. The molecule has 2 aromatic carbocycles. The summed E-state index contributed by atoms with van der Waals surface area (Å²) in [4.78, 5) is 18.4. The van der Waals surface area contributed by atoms with Crippen molar-refractivity contribution < 1.29 is 5.11 Å². The molecule has 0 aliphatic carbocycles. The van der Waals surface area contributed by atoms with Gasteiger partial charge in [0.2, 0.25) is 5.75 Å². The van der Waals surface area contributed by atoms with Gasteiger partial charge in [0.15, 0.2) is 0 Å². The highest BCUT2D eigenvalue weighted by Gasteiger charge is 2.19. The molecule has 0 fully saturated rings. The molecule has 3 rings (SSSR count). The summed E-state index contributed by atoms with van der Waals surface area (Å²) in [5.74, 6) is 5.75. The first-order valence-electron chi connectivity index (χ1n) is 10.3. The third kappa shape index (κ3) is 6.18. The Labute approximate surface area is 187 Å². The van der Waals surface area contributed by atoms with Crippen molar-refractivity contribution in [3.63, 3.8) is 0 Å².